The first-order valence-electron chi connectivity index (χ1n) is 23.7. The molecule has 0 saturated heterocycles. The Balaban J connectivity index is 1.24. The molecule has 0 bridgehead atoms. The van der Waals surface area contributed by atoms with Crippen LogP contribution >= 0.6 is 0 Å². The lowest BCUT2D eigenvalue weighted by Gasteiger charge is -2.59. The van der Waals surface area contributed by atoms with Crippen LogP contribution in [0.2, 0.25) is 0 Å². The molecule has 0 aromatic heterocycles. The molecule has 0 spiro atoms. The number of rotatable bonds is 19. The zero-order valence-corrected chi connectivity index (χ0v) is 38.7. The number of fused-ring (bicyclic) bond motifs is 4. The van der Waals surface area contributed by atoms with E-state index in [4.69, 9.17) is 28.9 Å². The third-order valence-corrected chi connectivity index (χ3v) is 13.9. The van der Waals surface area contributed by atoms with Gasteiger partial charge in [-0.1, -0.05) is 103 Å². The summed E-state index contributed by atoms with van der Waals surface area (Å²) in [4.78, 5) is 33.6. The number of hydrogen-bond donors (Lipinski definition) is 2. The summed E-state index contributed by atoms with van der Waals surface area (Å²) in [6.07, 6.45) is 7.73. The quantitative estimate of drug-likeness (QED) is 0.0346. The minimum atomic E-state index is -1.57. The van der Waals surface area contributed by atoms with Crippen molar-refractivity contribution in [3.05, 3.63) is 173 Å². The van der Waals surface area contributed by atoms with Crippen molar-refractivity contribution in [2.75, 3.05) is 26.9 Å². The van der Waals surface area contributed by atoms with E-state index in [0.717, 1.165) is 63.9 Å². The highest BCUT2D eigenvalue weighted by molar-refractivity contribution is 6.03. The molecule has 1 saturated carbocycles. The molecule has 6 aromatic rings. The van der Waals surface area contributed by atoms with Gasteiger partial charge in [-0.3, -0.25) is 15.0 Å². The van der Waals surface area contributed by atoms with Gasteiger partial charge in [0.1, 0.15) is 36.1 Å². The molecule has 6 aromatic carbocycles. The number of unbranched alkanes of at least 4 members (excludes halogenated alkanes) is 2. The smallest absolute Gasteiger partial charge is 0.416 e. The number of aliphatic hydroxyl groups excluding tert-OH is 2. The normalized spacial score (nSPS) is 21.9. The summed E-state index contributed by atoms with van der Waals surface area (Å²) in [6.45, 7) is 4.32. The molecule has 1 aliphatic heterocycles. The van der Waals surface area contributed by atoms with E-state index >= 15 is 4.79 Å². The Morgan fingerprint density at radius 3 is 2.30 bits per heavy atom. The zero-order valence-electron chi connectivity index (χ0n) is 38.7. The van der Waals surface area contributed by atoms with Crippen molar-refractivity contribution < 1.29 is 43.7 Å². The summed E-state index contributed by atoms with van der Waals surface area (Å²) < 4.78 is 27.5. The number of aliphatic hydroxyl groups is 2. The monoisotopic (exact) mass is 931 g/mol. The Bertz CT molecular complexity index is 2880. The Hall–Kier alpha value is -7.06. The highest BCUT2D eigenvalue weighted by Gasteiger charge is 2.66. The number of hydrogen-bond acceptors (Lipinski definition) is 11. The van der Waals surface area contributed by atoms with E-state index in [1.165, 1.54) is 31.4 Å². The molecule has 9 rings (SSSR count). The van der Waals surface area contributed by atoms with E-state index in [2.05, 4.69) is 30.9 Å². The topological polar surface area (TPSA) is 162 Å². The van der Waals surface area contributed by atoms with Crippen LogP contribution in [0.3, 0.4) is 0 Å². The van der Waals surface area contributed by atoms with Crippen molar-refractivity contribution in [2.45, 2.75) is 69.2 Å². The first-order valence-corrected chi connectivity index (χ1v) is 23.7. The summed E-state index contributed by atoms with van der Waals surface area (Å²) in [5, 5.41) is 40.4. The number of carbonyl (C=O) groups excluding carboxylic acids is 1. The van der Waals surface area contributed by atoms with Crippen LogP contribution in [-0.4, -0.2) is 70.6 Å². The molecule has 13 nitrogen and oxygen atoms in total. The first kappa shape index (κ1) is 47.0. The molecule has 1 amide bonds. The molecule has 356 valence electrons. The van der Waals surface area contributed by atoms with Gasteiger partial charge in [0.2, 0.25) is 5.79 Å². The van der Waals surface area contributed by atoms with E-state index in [-0.39, 0.29) is 62.0 Å². The lowest BCUT2D eigenvalue weighted by molar-refractivity contribution is -0.384. The average molecular weight is 932 g/mol. The third kappa shape index (κ3) is 9.67. The Labute approximate surface area is 401 Å². The predicted molar refractivity (Wildman–Crippen MR) is 265 cm³/mol. The van der Waals surface area contributed by atoms with Crippen LogP contribution < -0.4 is 14.2 Å². The number of benzene rings is 6. The van der Waals surface area contributed by atoms with Gasteiger partial charge in [0, 0.05) is 43.2 Å². The SMILES string of the molecule is C=CCO[C@@]12Oc3ccc(Oc4ccc5ccccc5c4)cc3[C@H]3[C@H](CCCCO)[C@@H](CCCCO)C=C(C(=NOC)C[C@@H]1N(Cc1cccc4ccccc14)C(=O)Oc1ccc([N+](=O)[O-])cc1)[C@H]32. The number of nitro benzene ring substituents is 1. The minimum Gasteiger partial charge on any atom is -0.459 e. The number of nitro groups is 1. The first-order chi connectivity index (χ1) is 33.7. The summed E-state index contributed by atoms with van der Waals surface area (Å²) >= 11 is 0. The standard InChI is InChI=1S/C56H57N3O10/c1-3-31-66-56-52(58(36-41-18-12-17-38-14-6-7-19-46(38)41)55(62)68-43-25-22-42(23-26-43)59(63)64)35-50(57-65-2)48-33-40(16-8-10-29-60)47(20-9-11-30-61)53(54(48)56)49-34-45(27-28-51(49)69-56)67-44-24-21-37-13-4-5-15-39(37)32-44/h3-7,12-15,17-19,21-28,32-34,40,47,52-54,60-61H,1,8-11,16,20,29-31,35-36H2,2H3/t40-,47+,52-,53+,54+,56+/m0/s1. The van der Waals surface area contributed by atoms with Crippen LogP contribution in [0.5, 0.6) is 23.0 Å². The van der Waals surface area contributed by atoms with Crippen LogP contribution in [0.15, 0.2) is 157 Å². The fourth-order valence-corrected chi connectivity index (χ4v) is 10.9. The van der Waals surface area contributed by atoms with Crippen LogP contribution in [0.1, 0.15) is 62.0 Å². The minimum absolute atomic E-state index is 0.0182. The summed E-state index contributed by atoms with van der Waals surface area (Å²) in [5.74, 6) is -0.451. The van der Waals surface area contributed by atoms with Gasteiger partial charge in [0.25, 0.3) is 5.69 Å². The fourth-order valence-electron chi connectivity index (χ4n) is 10.9. The van der Waals surface area contributed by atoms with Crippen molar-refractivity contribution >= 4 is 39.0 Å². The number of non-ortho nitro benzene ring substituents is 1. The van der Waals surface area contributed by atoms with Gasteiger partial charge in [0.05, 0.1) is 29.7 Å². The van der Waals surface area contributed by atoms with Crippen molar-refractivity contribution in [1.82, 2.24) is 4.90 Å². The second-order valence-corrected chi connectivity index (χ2v) is 18.0. The van der Waals surface area contributed by atoms with E-state index in [1.54, 1.807) is 11.0 Å². The van der Waals surface area contributed by atoms with Crippen molar-refractivity contribution in [3.8, 4) is 23.0 Å². The van der Waals surface area contributed by atoms with Gasteiger partial charge in [-0.25, -0.2) is 4.79 Å². The van der Waals surface area contributed by atoms with Crippen molar-refractivity contribution in [2.24, 2.45) is 22.9 Å². The Kier molecular flexibility index (Phi) is 14.4. The van der Waals surface area contributed by atoms with Crippen LogP contribution in [0.4, 0.5) is 10.5 Å². The average Bonchev–Trinajstić information content (AvgIpc) is 3.36. The van der Waals surface area contributed by atoms with Crippen LogP contribution in [0, 0.1) is 27.9 Å². The molecule has 69 heavy (non-hydrogen) atoms. The molecule has 0 radical (unpaired) electrons. The summed E-state index contributed by atoms with van der Waals surface area (Å²) in [6, 6.07) is 38.5. The van der Waals surface area contributed by atoms with Gasteiger partial charge < -0.3 is 34.0 Å². The van der Waals surface area contributed by atoms with Gasteiger partial charge in [0.15, 0.2) is 0 Å². The second-order valence-electron chi connectivity index (χ2n) is 18.0. The zero-order chi connectivity index (χ0) is 47.9. The highest BCUT2D eigenvalue weighted by atomic mass is 16.7. The Morgan fingerprint density at radius 1 is 0.855 bits per heavy atom. The molecule has 6 atom stereocenters. The molecule has 1 heterocycles. The molecule has 13 heteroatoms. The van der Waals surface area contributed by atoms with Crippen LogP contribution in [0.25, 0.3) is 21.5 Å². The molecule has 3 aliphatic rings. The lowest BCUT2D eigenvalue weighted by Crippen LogP contribution is -2.70. The van der Waals surface area contributed by atoms with E-state index in [0.29, 0.717) is 35.8 Å². The Morgan fingerprint density at radius 2 is 1.55 bits per heavy atom. The molecular formula is C56H57N3O10. The summed E-state index contributed by atoms with van der Waals surface area (Å²) in [5.41, 5.74) is 3.12. The second kappa shape index (κ2) is 21.1. The number of nitrogens with zero attached hydrogens (tertiary/aromatic N) is 3. The maximum absolute atomic E-state index is 15.2. The summed E-state index contributed by atoms with van der Waals surface area (Å²) in [7, 11) is 1.51. The van der Waals surface area contributed by atoms with Crippen molar-refractivity contribution in [3.63, 3.8) is 0 Å². The molecular weight excluding hydrogens is 875 g/mol. The largest absolute Gasteiger partial charge is 0.459 e. The van der Waals surface area contributed by atoms with Gasteiger partial charge in [-0.2, -0.15) is 0 Å². The fraction of sp³-hybridized carbons (Fsp3) is 0.321. The van der Waals surface area contributed by atoms with Gasteiger partial charge in [-0.05, 0) is 113 Å². The number of oxime groups is 1. The number of allylic oxidation sites excluding steroid dienone is 1. The van der Waals surface area contributed by atoms with E-state index in [9.17, 15) is 20.3 Å². The number of amides is 1. The van der Waals surface area contributed by atoms with Gasteiger partial charge in [-0.15, -0.1) is 6.58 Å². The number of ether oxygens (including phenoxy) is 4. The lowest BCUT2D eigenvalue weighted by atomic mass is 9.55. The van der Waals surface area contributed by atoms with Gasteiger partial charge >= 0.3 is 6.09 Å². The molecule has 2 aliphatic carbocycles. The van der Waals surface area contributed by atoms with Crippen molar-refractivity contribution in [1.29, 1.82) is 0 Å². The highest BCUT2D eigenvalue weighted by Crippen LogP contribution is 2.62. The molecule has 0 unspecified atom stereocenters. The van der Waals surface area contributed by atoms with Crippen LogP contribution in [-0.2, 0) is 16.1 Å². The maximum Gasteiger partial charge on any atom is 0.416 e. The predicted octanol–water partition coefficient (Wildman–Crippen LogP) is 11.7. The third-order valence-electron chi connectivity index (χ3n) is 13.9. The number of carbonyl (C=O) groups is 1. The molecule has 2 N–H and O–H groups in total. The van der Waals surface area contributed by atoms with E-state index < -0.39 is 28.8 Å². The molecule has 1 fully saturated rings. The van der Waals surface area contributed by atoms with E-state index in [1.807, 2.05) is 84.9 Å². The maximum atomic E-state index is 15.2.